The number of likely N-dealkylation sites (tertiary alicyclic amines) is 1. The molecule has 4 rings (SSSR count). The van der Waals surface area contributed by atoms with Gasteiger partial charge in [0.1, 0.15) is 16.9 Å². The lowest BCUT2D eigenvalue weighted by atomic mass is 9.98. The predicted molar refractivity (Wildman–Crippen MR) is 165 cm³/mol. The van der Waals surface area contributed by atoms with E-state index in [0.29, 0.717) is 37.6 Å². The van der Waals surface area contributed by atoms with Crippen molar-refractivity contribution < 1.29 is 32.2 Å². The lowest BCUT2D eigenvalue weighted by Crippen LogP contribution is -2.44. The van der Waals surface area contributed by atoms with E-state index in [9.17, 15) is 28.0 Å². The highest BCUT2D eigenvalue weighted by atomic mass is 32.1. The van der Waals surface area contributed by atoms with Gasteiger partial charge in [0.2, 0.25) is 0 Å². The number of hydrogen-bond acceptors (Lipinski definition) is 6. The molecule has 2 saturated heterocycles. The molecule has 0 unspecified atom stereocenters. The third-order valence-corrected chi connectivity index (χ3v) is 8.14. The highest BCUT2D eigenvalue weighted by Gasteiger charge is 2.51. The number of nitriles is 1. The number of halogens is 3. The fourth-order valence-electron chi connectivity index (χ4n) is 5.40. The first-order chi connectivity index (χ1) is 20.5. The number of carbonyl (C=O) groups is 2. The summed E-state index contributed by atoms with van der Waals surface area (Å²) in [6, 6.07) is 10.2. The van der Waals surface area contributed by atoms with Gasteiger partial charge in [0.05, 0.1) is 29.5 Å². The van der Waals surface area contributed by atoms with Gasteiger partial charge in [0, 0.05) is 18.8 Å². The Balaban J connectivity index is 1.50. The zero-order valence-corrected chi connectivity index (χ0v) is 26.6. The number of nitrogens with zero attached hydrogens (tertiary/aromatic N) is 4. The van der Waals surface area contributed by atoms with Gasteiger partial charge in [-0.15, -0.1) is 0 Å². The average molecular weight is 631 g/mol. The topological polar surface area (TPSA) is 86.1 Å². The van der Waals surface area contributed by atoms with E-state index in [2.05, 4.69) is 0 Å². The van der Waals surface area contributed by atoms with Crippen LogP contribution in [0.5, 0.6) is 5.75 Å². The fourth-order valence-corrected chi connectivity index (χ4v) is 5.92. The van der Waals surface area contributed by atoms with Crippen molar-refractivity contribution in [2.45, 2.75) is 78.1 Å². The Morgan fingerprint density at radius 1 is 1.09 bits per heavy atom. The molecule has 2 amide bonds. The number of carbonyl (C=O) groups excluding carboxylic acids is 2. The second-order valence-electron chi connectivity index (χ2n) is 12.5. The zero-order chi connectivity index (χ0) is 32.6. The number of aryl methyl sites for hydroxylation is 1. The maximum Gasteiger partial charge on any atom is 0.417 e. The monoisotopic (exact) mass is 630 g/mol. The molecule has 236 valence electrons. The maximum absolute atomic E-state index is 13.7. The van der Waals surface area contributed by atoms with Crippen LogP contribution in [0, 0.1) is 17.2 Å². The maximum atomic E-state index is 13.7. The van der Waals surface area contributed by atoms with Crippen LogP contribution in [0.3, 0.4) is 0 Å². The normalized spacial score (nSPS) is 17.6. The van der Waals surface area contributed by atoms with Crippen LogP contribution >= 0.6 is 12.2 Å². The van der Waals surface area contributed by atoms with E-state index >= 15 is 0 Å². The number of benzene rings is 2. The molecule has 2 aromatic carbocycles. The Kier molecular flexibility index (Phi) is 9.22. The zero-order valence-electron chi connectivity index (χ0n) is 25.7. The number of piperidine rings is 1. The molecule has 2 heterocycles. The van der Waals surface area contributed by atoms with Gasteiger partial charge in [-0.25, -0.2) is 4.79 Å². The summed E-state index contributed by atoms with van der Waals surface area (Å²) < 4.78 is 52.7. The van der Waals surface area contributed by atoms with Crippen molar-refractivity contribution >= 4 is 40.7 Å². The first-order valence-corrected chi connectivity index (χ1v) is 14.9. The van der Waals surface area contributed by atoms with Gasteiger partial charge in [-0.05, 0) is 114 Å². The van der Waals surface area contributed by atoms with Crippen LogP contribution in [-0.2, 0) is 22.1 Å². The summed E-state index contributed by atoms with van der Waals surface area (Å²) in [6.07, 6.45) is -2.87. The van der Waals surface area contributed by atoms with Gasteiger partial charge in [-0.3, -0.25) is 9.69 Å². The summed E-state index contributed by atoms with van der Waals surface area (Å²) >= 11 is 5.67. The lowest BCUT2D eigenvalue weighted by molar-refractivity contribution is -0.137. The minimum Gasteiger partial charge on any atom is -0.493 e. The second-order valence-corrected chi connectivity index (χ2v) is 12.9. The van der Waals surface area contributed by atoms with Crippen LogP contribution in [0.1, 0.15) is 71.1 Å². The van der Waals surface area contributed by atoms with Gasteiger partial charge in [-0.2, -0.15) is 18.4 Å². The summed E-state index contributed by atoms with van der Waals surface area (Å²) in [5, 5.41) is 9.20. The van der Waals surface area contributed by atoms with E-state index in [-0.39, 0.29) is 22.8 Å². The van der Waals surface area contributed by atoms with E-state index in [1.54, 1.807) is 35.8 Å². The highest BCUT2D eigenvalue weighted by Crippen LogP contribution is 2.40. The predicted octanol–water partition coefficient (Wildman–Crippen LogP) is 7.08. The number of anilines is 2. The third-order valence-electron chi connectivity index (χ3n) is 7.78. The Bertz CT molecular complexity index is 1490. The molecule has 0 spiro atoms. The van der Waals surface area contributed by atoms with Crippen LogP contribution in [0.4, 0.5) is 29.3 Å². The van der Waals surface area contributed by atoms with Gasteiger partial charge >= 0.3 is 12.3 Å². The molecule has 2 aliphatic heterocycles. The van der Waals surface area contributed by atoms with Crippen LogP contribution in [-0.4, -0.2) is 52.8 Å². The van der Waals surface area contributed by atoms with Crippen molar-refractivity contribution in [3.05, 3.63) is 53.1 Å². The van der Waals surface area contributed by atoms with Crippen molar-refractivity contribution in [1.82, 2.24) is 4.90 Å². The number of ether oxygens (including phenoxy) is 2. The average Bonchev–Trinajstić information content (AvgIpc) is 3.13. The smallest absolute Gasteiger partial charge is 0.417 e. The third kappa shape index (κ3) is 6.78. The van der Waals surface area contributed by atoms with Crippen LogP contribution in [0.15, 0.2) is 36.4 Å². The molecule has 0 saturated carbocycles. The van der Waals surface area contributed by atoms with Crippen molar-refractivity contribution in [3.63, 3.8) is 0 Å². The molecule has 0 N–H and O–H groups in total. The fraction of sp³-hybridized carbons (Fsp3) is 0.500. The first kappa shape index (κ1) is 33.1. The first-order valence-electron chi connectivity index (χ1n) is 14.5. The van der Waals surface area contributed by atoms with Crippen molar-refractivity contribution in [2.24, 2.45) is 5.92 Å². The summed E-state index contributed by atoms with van der Waals surface area (Å²) in [5.41, 5.74) is -1.97. The van der Waals surface area contributed by atoms with E-state index < -0.39 is 34.4 Å². The molecule has 0 atom stereocenters. The summed E-state index contributed by atoms with van der Waals surface area (Å²) in [4.78, 5) is 30.4. The molecule has 12 heteroatoms. The number of hydrogen-bond donors (Lipinski definition) is 0. The van der Waals surface area contributed by atoms with Crippen molar-refractivity contribution in [3.8, 4) is 11.8 Å². The van der Waals surface area contributed by atoms with E-state index in [0.717, 1.165) is 35.4 Å². The SMILES string of the molecule is CCc1cc(N2C(=S)N(c3ccc(C#N)c(C(F)(F)F)c3)C(=O)C2(C)C)ccc1OCC1CCN(C(=O)OC(C)(C)C)CC1. The van der Waals surface area contributed by atoms with E-state index in [1.165, 1.54) is 6.07 Å². The minimum absolute atomic E-state index is 0.0327. The number of rotatable bonds is 6. The van der Waals surface area contributed by atoms with Crippen LogP contribution < -0.4 is 14.5 Å². The molecular formula is C32H37F3N4O4S. The largest absolute Gasteiger partial charge is 0.493 e. The van der Waals surface area contributed by atoms with Crippen LogP contribution in [0.2, 0.25) is 0 Å². The molecule has 0 aliphatic carbocycles. The van der Waals surface area contributed by atoms with Gasteiger partial charge in [0.15, 0.2) is 5.11 Å². The quantitative estimate of drug-likeness (QED) is 0.315. The summed E-state index contributed by atoms with van der Waals surface area (Å²) in [7, 11) is 0. The molecule has 0 bridgehead atoms. The molecule has 2 fully saturated rings. The molecule has 0 aromatic heterocycles. The van der Waals surface area contributed by atoms with E-state index in [1.807, 2.05) is 39.8 Å². The Hall–Kier alpha value is -3.85. The molecule has 8 nitrogen and oxygen atoms in total. The Morgan fingerprint density at radius 2 is 1.73 bits per heavy atom. The highest BCUT2D eigenvalue weighted by molar-refractivity contribution is 7.81. The number of thiocarbonyl (C=S) groups is 1. The Labute approximate surface area is 261 Å². The number of amides is 2. The summed E-state index contributed by atoms with van der Waals surface area (Å²) in [6.45, 7) is 12.5. The van der Waals surface area contributed by atoms with Gasteiger partial charge in [0.25, 0.3) is 5.91 Å². The Morgan fingerprint density at radius 3 is 2.30 bits per heavy atom. The van der Waals surface area contributed by atoms with Gasteiger partial charge in [-0.1, -0.05) is 6.92 Å². The summed E-state index contributed by atoms with van der Waals surface area (Å²) in [5.74, 6) is 0.471. The van der Waals surface area contributed by atoms with E-state index in [4.69, 9.17) is 21.7 Å². The standard InChI is InChI=1S/C32H37F3N4O4S/c1-7-21-16-24(10-11-26(21)42-19-20-12-14-37(15-13-20)29(41)43-30(2,3)4)39-28(44)38(27(40)31(39,5)6)23-9-8-22(18-36)25(17-23)32(33,34)35/h8-11,16-17,20H,7,12-15,19H2,1-6H3. The molecular weight excluding hydrogens is 593 g/mol. The van der Waals surface area contributed by atoms with Crippen LogP contribution in [0.25, 0.3) is 0 Å². The number of alkyl halides is 3. The molecule has 44 heavy (non-hydrogen) atoms. The molecule has 0 radical (unpaired) electrons. The molecule has 2 aliphatic rings. The molecule has 2 aromatic rings. The second kappa shape index (κ2) is 12.3. The van der Waals surface area contributed by atoms with Crippen molar-refractivity contribution in [1.29, 1.82) is 5.26 Å². The lowest BCUT2D eigenvalue weighted by Gasteiger charge is -2.33. The minimum atomic E-state index is -4.78. The van der Waals surface area contributed by atoms with Gasteiger partial charge < -0.3 is 19.3 Å². The van der Waals surface area contributed by atoms with Crippen molar-refractivity contribution in [2.75, 3.05) is 29.5 Å².